The molecule has 0 saturated carbocycles. The third kappa shape index (κ3) is 3.27. The quantitative estimate of drug-likeness (QED) is 0.511. The van der Waals surface area contributed by atoms with Gasteiger partial charge < -0.3 is 15.0 Å². The van der Waals surface area contributed by atoms with E-state index in [0.29, 0.717) is 12.4 Å². The van der Waals surface area contributed by atoms with Gasteiger partial charge in [-0.1, -0.05) is 18.2 Å². The number of aromatic amines is 1. The average molecular weight is 389 g/mol. The first-order valence-corrected chi connectivity index (χ1v) is 10.2. The molecule has 1 aliphatic rings. The third-order valence-electron chi connectivity index (χ3n) is 4.92. The number of H-pyrrole nitrogens is 1. The maximum absolute atomic E-state index is 12.5. The maximum atomic E-state index is 12.5. The van der Waals surface area contributed by atoms with Crippen LogP contribution in [0.15, 0.2) is 59.4 Å². The van der Waals surface area contributed by atoms with E-state index in [2.05, 4.69) is 15.3 Å². The number of ether oxygens (including phenoxy) is 1. The molecule has 0 fully saturated rings. The fourth-order valence-corrected chi connectivity index (χ4v) is 4.86. The van der Waals surface area contributed by atoms with Crippen molar-refractivity contribution in [3.8, 4) is 11.5 Å². The molecule has 0 spiro atoms. The molecule has 140 valence electrons. The number of aromatic nitrogens is 2. The lowest BCUT2D eigenvalue weighted by Crippen LogP contribution is -2.14. The number of aryl methyl sites for hydroxylation is 2. The molecular formula is C22H19N3O2S. The maximum Gasteiger partial charge on any atom is 0.259 e. The molecule has 5 rings (SSSR count). The summed E-state index contributed by atoms with van der Waals surface area (Å²) >= 11 is 1.66. The van der Waals surface area contributed by atoms with Gasteiger partial charge in [0, 0.05) is 10.6 Å². The van der Waals surface area contributed by atoms with E-state index in [4.69, 9.17) is 4.74 Å². The van der Waals surface area contributed by atoms with Crippen molar-refractivity contribution in [1.82, 2.24) is 9.97 Å². The Morgan fingerprint density at radius 2 is 1.82 bits per heavy atom. The van der Waals surface area contributed by atoms with Gasteiger partial charge in [0.05, 0.1) is 11.9 Å². The van der Waals surface area contributed by atoms with Crippen LogP contribution in [0.3, 0.4) is 0 Å². The minimum absolute atomic E-state index is 0.0205. The zero-order valence-corrected chi connectivity index (χ0v) is 16.0. The summed E-state index contributed by atoms with van der Waals surface area (Å²) in [6.07, 6.45) is 3.21. The van der Waals surface area contributed by atoms with Gasteiger partial charge in [0.2, 0.25) is 0 Å². The van der Waals surface area contributed by atoms with Crippen molar-refractivity contribution < 1.29 is 4.74 Å². The zero-order chi connectivity index (χ0) is 18.9. The highest BCUT2D eigenvalue weighted by Gasteiger charge is 2.20. The SMILES string of the molecule is O=c1[nH]c(CNc2ccc(Oc3ccccc3)cc2)nc2sc3c(c12)CCC3. The molecule has 1 aliphatic carbocycles. The van der Waals surface area contributed by atoms with Crippen LogP contribution in [0, 0.1) is 0 Å². The van der Waals surface area contributed by atoms with E-state index in [1.165, 1.54) is 10.4 Å². The number of fused-ring (bicyclic) bond motifs is 3. The number of nitrogens with one attached hydrogen (secondary N) is 2. The standard InChI is InChI=1S/C22H19N3O2S/c26-21-20-17-7-4-8-18(17)28-22(20)25-19(24-21)13-23-14-9-11-16(12-10-14)27-15-5-2-1-3-6-15/h1-3,5-6,9-12,23H,4,7-8,13H2,(H,24,25,26). The highest BCUT2D eigenvalue weighted by atomic mass is 32.1. The lowest BCUT2D eigenvalue weighted by Gasteiger charge is -2.08. The summed E-state index contributed by atoms with van der Waals surface area (Å²) in [5.41, 5.74) is 2.13. The van der Waals surface area contributed by atoms with E-state index in [0.717, 1.165) is 46.7 Å². The predicted octanol–water partition coefficient (Wildman–Crippen LogP) is 4.88. The molecule has 2 aromatic heterocycles. The minimum atomic E-state index is -0.0205. The number of para-hydroxylation sites is 1. The molecule has 2 aromatic carbocycles. The molecule has 6 heteroatoms. The van der Waals surface area contributed by atoms with Gasteiger partial charge in [-0.05, 0) is 61.2 Å². The second kappa shape index (κ2) is 7.13. The first kappa shape index (κ1) is 17.0. The number of thiophene rings is 1. The second-order valence-corrected chi connectivity index (χ2v) is 7.93. The van der Waals surface area contributed by atoms with Crippen molar-refractivity contribution >= 4 is 27.2 Å². The summed E-state index contributed by atoms with van der Waals surface area (Å²) in [7, 11) is 0. The molecule has 0 amide bonds. The lowest BCUT2D eigenvalue weighted by atomic mass is 10.2. The summed E-state index contributed by atoms with van der Waals surface area (Å²) < 4.78 is 5.80. The van der Waals surface area contributed by atoms with Gasteiger partial charge >= 0.3 is 0 Å². The van der Waals surface area contributed by atoms with Gasteiger partial charge in [-0.25, -0.2) is 4.98 Å². The minimum Gasteiger partial charge on any atom is -0.457 e. The number of benzene rings is 2. The molecule has 0 atom stereocenters. The van der Waals surface area contributed by atoms with E-state index in [-0.39, 0.29) is 5.56 Å². The van der Waals surface area contributed by atoms with Crippen LogP contribution in [0.25, 0.3) is 10.2 Å². The third-order valence-corrected chi connectivity index (χ3v) is 6.10. The Balaban J connectivity index is 1.29. The van der Waals surface area contributed by atoms with Crippen LogP contribution in [0.1, 0.15) is 22.7 Å². The molecule has 28 heavy (non-hydrogen) atoms. The topological polar surface area (TPSA) is 67.0 Å². The van der Waals surface area contributed by atoms with E-state index >= 15 is 0 Å². The molecule has 0 bridgehead atoms. The molecule has 0 saturated heterocycles. The smallest absolute Gasteiger partial charge is 0.259 e. The van der Waals surface area contributed by atoms with Gasteiger partial charge in [0.15, 0.2) is 0 Å². The molecule has 0 aliphatic heterocycles. The van der Waals surface area contributed by atoms with E-state index in [1.807, 2.05) is 54.6 Å². The highest BCUT2D eigenvalue weighted by Crippen LogP contribution is 2.34. The lowest BCUT2D eigenvalue weighted by molar-refractivity contribution is 0.483. The Bertz CT molecular complexity index is 1180. The van der Waals surface area contributed by atoms with Gasteiger partial charge in [-0.3, -0.25) is 4.79 Å². The van der Waals surface area contributed by atoms with Gasteiger partial charge in [0.1, 0.15) is 22.2 Å². The molecule has 5 nitrogen and oxygen atoms in total. The number of hydrogen-bond acceptors (Lipinski definition) is 5. The molecular weight excluding hydrogens is 370 g/mol. The largest absolute Gasteiger partial charge is 0.457 e. The highest BCUT2D eigenvalue weighted by molar-refractivity contribution is 7.18. The Hall–Kier alpha value is -3.12. The zero-order valence-electron chi connectivity index (χ0n) is 15.2. The summed E-state index contributed by atoms with van der Waals surface area (Å²) in [6, 6.07) is 17.4. The molecule has 0 radical (unpaired) electrons. The second-order valence-electron chi connectivity index (χ2n) is 6.84. The van der Waals surface area contributed by atoms with Crippen molar-refractivity contribution in [2.24, 2.45) is 0 Å². The average Bonchev–Trinajstić information content (AvgIpc) is 3.29. The summed E-state index contributed by atoms with van der Waals surface area (Å²) in [4.78, 5) is 22.3. The first-order valence-electron chi connectivity index (χ1n) is 9.36. The van der Waals surface area contributed by atoms with E-state index < -0.39 is 0 Å². The predicted molar refractivity (Wildman–Crippen MR) is 113 cm³/mol. The summed E-state index contributed by atoms with van der Waals surface area (Å²) in [5.74, 6) is 2.24. The molecule has 4 aromatic rings. The van der Waals surface area contributed by atoms with Crippen LogP contribution in [-0.4, -0.2) is 9.97 Å². The molecule has 2 heterocycles. The van der Waals surface area contributed by atoms with Crippen LogP contribution in [0.2, 0.25) is 0 Å². The fraction of sp³-hybridized carbons (Fsp3) is 0.182. The van der Waals surface area contributed by atoms with Crippen molar-refractivity contribution in [3.05, 3.63) is 81.2 Å². The van der Waals surface area contributed by atoms with Gasteiger partial charge in [-0.2, -0.15) is 0 Å². The number of anilines is 1. The Kier molecular flexibility index (Phi) is 4.33. The Morgan fingerprint density at radius 1 is 1.04 bits per heavy atom. The van der Waals surface area contributed by atoms with Gasteiger partial charge in [-0.15, -0.1) is 11.3 Å². The number of hydrogen-bond donors (Lipinski definition) is 2. The molecule has 2 N–H and O–H groups in total. The number of nitrogens with zero attached hydrogens (tertiary/aromatic N) is 1. The Morgan fingerprint density at radius 3 is 2.64 bits per heavy atom. The van der Waals surface area contributed by atoms with E-state index in [9.17, 15) is 4.79 Å². The van der Waals surface area contributed by atoms with Gasteiger partial charge in [0.25, 0.3) is 5.56 Å². The van der Waals surface area contributed by atoms with Crippen molar-refractivity contribution in [1.29, 1.82) is 0 Å². The van der Waals surface area contributed by atoms with Crippen LogP contribution in [0.5, 0.6) is 11.5 Å². The van der Waals surface area contributed by atoms with Crippen LogP contribution >= 0.6 is 11.3 Å². The van der Waals surface area contributed by atoms with Crippen LogP contribution in [0.4, 0.5) is 5.69 Å². The molecule has 0 unspecified atom stereocenters. The summed E-state index contributed by atoms with van der Waals surface area (Å²) in [5, 5.41) is 4.10. The van der Waals surface area contributed by atoms with E-state index in [1.54, 1.807) is 11.3 Å². The summed E-state index contributed by atoms with van der Waals surface area (Å²) in [6.45, 7) is 0.465. The van der Waals surface area contributed by atoms with Crippen molar-refractivity contribution in [3.63, 3.8) is 0 Å². The Labute approximate surface area is 166 Å². The number of rotatable bonds is 5. The monoisotopic (exact) mass is 389 g/mol. The van der Waals surface area contributed by atoms with Crippen LogP contribution < -0.4 is 15.6 Å². The van der Waals surface area contributed by atoms with Crippen LogP contribution in [-0.2, 0) is 19.4 Å². The van der Waals surface area contributed by atoms with Crippen molar-refractivity contribution in [2.45, 2.75) is 25.8 Å². The first-order chi connectivity index (χ1) is 13.8. The van der Waals surface area contributed by atoms with Crippen molar-refractivity contribution in [2.75, 3.05) is 5.32 Å². The fourth-order valence-electron chi connectivity index (χ4n) is 3.58. The normalized spacial score (nSPS) is 12.9.